The van der Waals surface area contributed by atoms with Crippen molar-refractivity contribution in [3.63, 3.8) is 0 Å². The van der Waals surface area contributed by atoms with Crippen molar-refractivity contribution in [2.75, 3.05) is 10.9 Å². The molecule has 218 valence electrons. The van der Waals surface area contributed by atoms with Gasteiger partial charge in [-0.2, -0.15) is 0 Å². The molecule has 0 heterocycles. The molecule has 0 atom stereocenters. The monoisotopic (exact) mass is 614 g/mol. The molecule has 4 aromatic rings. The second-order valence-corrected chi connectivity index (χ2v) is 11.5. The van der Waals surface area contributed by atoms with Gasteiger partial charge in [-0.15, -0.1) is 0 Å². The Bertz CT molecular complexity index is 1740. The van der Waals surface area contributed by atoms with Crippen LogP contribution in [0.5, 0.6) is 23.0 Å². The number of sulfonamides is 2. The number of carbonyl (C=O) groups is 2. The van der Waals surface area contributed by atoms with E-state index >= 15 is 0 Å². The molecule has 0 fully saturated rings. The summed E-state index contributed by atoms with van der Waals surface area (Å²) in [6.07, 6.45) is 0. The van der Waals surface area contributed by atoms with Crippen LogP contribution in [0.2, 0.25) is 0 Å². The predicted molar refractivity (Wildman–Crippen MR) is 150 cm³/mol. The maximum Gasteiger partial charge on any atom is 0.335 e. The van der Waals surface area contributed by atoms with Gasteiger partial charge in [0, 0.05) is 0 Å². The highest BCUT2D eigenvalue weighted by atomic mass is 32.2. The molecule has 0 aliphatic carbocycles. The molecule has 0 unspecified atom stereocenters. The third kappa shape index (κ3) is 6.94. The number of hydrogen-bond donors (Lipinski definition) is 6. The van der Waals surface area contributed by atoms with Crippen molar-refractivity contribution in [3.8, 4) is 23.0 Å². The molecule has 0 bridgehead atoms. The van der Waals surface area contributed by atoms with Gasteiger partial charge in [0.05, 0.1) is 22.5 Å². The summed E-state index contributed by atoms with van der Waals surface area (Å²) in [6.45, 7) is 0. The van der Waals surface area contributed by atoms with Gasteiger partial charge in [-0.1, -0.05) is 36.4 Å². The van der Waals surface area contributed by atoms with Crippen molar-refractivity contribution in [3.05, 3.63) is 96.1 Å². The van der Waals surface area contributed by atoms with Crippen LogP contribution in [-0.4, -0.2) is 39.0 Å². The summed E-state index contributed by atoms with van der Waals surface area (Å²) in [6, 6.07) is 19.4. The first kappa shape index (κ1) is 29.8. The second-order valence-electron chi connectivity index (χ2n) is 8.48. The van der Waals surface area contributed by atoms with E-state index in [-0.39, 0.29) is 22.9 Å². The molecule has 0 aromatic heterocycles. The summed E-state index contributed by atoms with van der Waals surface area (Å²) in [7, 11) is -9.12. The number of carboxylic acids is 2. The molecule has 4 aromatic carbocycles. The maximum absolute atomic E-state index is 12.5. The zero-order valence-corrected chi connectivity index (χ0v) is 22.8. The molecule has 0 aliphatic rings. The normalized spacial score (nSPS) is 11.4. The fourth-order valence-electron chi connectivity index (χ4n) is 3.62. The first-order valence-corrected chi connectivity index (χ1v) is 14.7. The highest BCUT2D eigenvalue weighted by Crippen LogP contribution is 2.40. The average Bonchev–Trinajstić information content (AvgIpc) is 2.92. The van der Waals surface area contributed by atoms with Gasteiger partial charge >= 0.3 is 11.9 Å². The minimum Gasteiger partial charge on any atom is -0.478 e. The van der Waals surface area contributed by atoms with E-state index in [4.69, 9.17) is 19.8 Å². The lowest BCUT2D eigenvalue weighted by Gasteiger charge is -2.20. The standard InChI is InChI=1S/C26H22N4O10S2/c27-41(35,36)21-13-15(25(31)32)11-19(23(21)39-17-7-3-1-4-8-17)29-30-20-12-16(26(33)34)14-22(42(28,37)38)24(20)40-18-9-5-2-6-10-18/h1-14,29-30H,(H,31,32)(H,33,34)(H2,27,35,36)(H2,28,37,38). The lowest BCUT2D eigenvalue weighted by molar-refractivity contribution is 0.0685. The maximum atomic E-state index is 12.5. The number of nitrogens with two attached hydrogens (primary N) is 2. The van der Waals surface area contributed by atoms with Crippen LogP contribution < -0.4 is 30.6 Å². The molecule has 4 rings (SSSR count). The van der Waals surface area contributed by atoms with Gasteiger partial charge in [0.15, 0.2) is 11.5 Å². The Morgan fingerprint density at radius 1 is 0.595 bits per heavy atom. The number of carboxylic acid groups (broad SMARTS) is 2. The van der Waals surface area contributed by atoms with Crippen LogP contribution in [0.4, 0.5) is 11.4 Å². The van der Waals surface area contributed by atoms with Crippen molar-refractivity contribution >= 4 is 43.4 Å². The lowest BCUT2D eigenvalue weighted by Crippen LogP contribution is -2.19. The summed E-state index contributed by atoms with van der Waals surface area (Å²) >= 11 is 0. The first-order chi connectivity index (χ1) is 19.7. The number of benzene rings is 4. The number of rotatable bonds is 11. The number of aromatic carboxylic acids is 2. The minimum atomic E-state index is -4.56. The third-order valence-corrected chi connectivity index (χ3v) is 7.31. The van der Waals surface area contributed by atoms with Crippen LogP contribution in [-0.2, 0) is 20.0 Å². The number of hydrazine groups is 1. The Hall–Kier alpha value is -5.16. The van der Waals surface area contributed by atoms with Crippen molar-refractivity contribution in [2.24, 2.45) is 10.3 Å². The molecule has 0 radical (unpaired) electrons. The zero-order chi connectivity index (χ0) is 30.7. The Labute approximate surface area is 239 Å². The van der Waals surface area contributed by atoms with E-state index in [2.05, 4.69) is 10.9 Å². The fraction of sp³-hybridized carbons (Fsp3) is 0. The molecule has 0 spiro atoms. The van der Waals surface area contributed by atoms with E-state index in [1.54, 1.807) is 36.4 Å². The molecular formula is C26H22N4O10S2. The highest BCUT2D eigenvalue weighted by molar-refractivity contribution is 7.89. The van der Waals surface area contributed by atoms with Crippen LogP contribution in [0.1, 0.15) is 20.7 Å². The van der Waals surface area contributed by atoms with E-state index in [9.17, 15) is 36.6 Å². The van der Waals surface area contributed by atoms with Gasteiger partial charge < -0.3 is 19.7 Å². The van der Waals surface area contributed by atoms with Gasteiger partial charge in [0.1, 0.15) is 21.3 Å². The van der Waals surface area contributed by atoms with Gasteiger partial charge in [-0.05, 0) is 48.5 Å². The Kier molecular flexibility index (Phi) is 8.34. The Morgan fingerprint density at radius 2 is 0.929 bits per heavy atom. The topological polar surface area (TPSA) is 237 Å². The van der Waals surface area contributed by atoms with Crippen molar-refractivity contribution in [1.29, 1.82) is 0 Å². The number of para-hydroxylation sites is 2. The van der Waals surface area contributed by atoms with Crippen molar-refractivity contribution < 1.29 is 46.1 Å². The molecule has 14 nitrogen and oxygen atoms in total. The van der Waals surface area contributed by atoms with E-state index in [1.807, 2.05) is 0 Å². The largest absolute Gasteiger partial charge is 0.478 e. The molecular weight excluding hydrogens is 592 g/mol. The molecule has 0 amide bonds. The number of nitrogens with one attached hydrogen (secondary N) is 2. The van der Waals surface area contributed by atoms with E-state index in [0.717, 1.165) is 24.3 Å². The first-order valence-electron chi connectivity index (χ1n) is 11.6. The predicted octanol–water partition coefficient (Wildman–Crippen LogP) is 3.40. The lowest BCUT2D eigenvalue weighted by atomic mass is 10.1. The molecule has 42 heavy (non-hydrogen) atoms. The summed E-state index contributed by atoms with van der Waals surface area (Å²) in [5.41, 5.74) is 3.54. The molecule has 0 saturated carbocycles. The molecule has 0 saturated heterocycles. The van der Waals surface area contributed by atoms with Crippen LogP contribution in [0.25, 0.3) is 0 Å². The minimum absolute atomic E-state index is 0.158. The number of hydrogen-bond acceptors (Lipinski definition) is 10. The Morgan fingerprint density at radius 3 is 1.21 bits per heavy atom. The van der Waals surface area contributed by atoms with Gasteiger partial charge in [0.2, 0.25) is 20.0 Å². The van der Waals surface area contributed by atoms with E-state index in [1.165, 1.54) is 24.3 Å². The van der Waals surface area contributed by atoms with Crippen LogP contribution in [0, 0.1) is 0 Å². The third-order valence-electron chi connectivity index (χ3n) is 5.47. The van der Waals surface area contributed by atoms with E-state index < -0.39 is 64.4 Å². The smallest absolute Gasteiger partial charge is 0.335 e. The number of anilines is 2. The Balaban J connectivity index is 1.90. The fourth-order valence-corrected chi connectivity index (χ4v) is 5.02. The van der Waals surface area contributed by atoms with Crippen molar-refractivity contribution in [2.45, 2.75) is 9.79 Å². The second kappa shape index (κ2) is 11.8. The summed E-state index contributed by atoms with van der Waals surface area (Å²) < 4.78 is 61.4. The average molecular weight is 615 g/mol. The highest BCUT2D eigenvalue weighted by Gasteiger charge is 2.26. The molecule has 16 heteroatoms. The summed E-state index contributed by atoms with van der Waals surface area (Å²) in [5, 5.41) is 30.0. The summed E-state index contributed by atoms with van der Waals surface area (Å²) in [5.74, 6) is -3.55. The summed E-state index contributed by atoms with van der Waals surface area (Å²) in [4.78, 5) is 22.2. The number of ether oxygens (including phenoxy) is 2. The van der Waals surface area contributed by atoms with Crippen LogP contribution in [0.3, 0.4) is 0 Å². The number of primary sulfonamides is 2. The SMILES string of the molecule is NS(=O)(=O)c1cc(C(=O)O)cc(NNc2cc(C(=O)O)cc(S(N)(=O)=O)c2Oc2ccccc2)c1Oc1ccccc1. The van der Waals surface area contributed by atoms with Crippen molar-refractivity contribution in [1.82, 2.24) is 0 Å². The van der Waals surface area contributed by atoms with Crippen LogP contribution >= 0.6 is 0 Å². The van der Waals surface area contributed by atoms with Gasteiger partial charge in [0.25, 0.3) is 0 Å². The zero-order valence-electron chi connectivity index (χ0n) is 21.2. The molecule has 8 N–H and O–H groups in total. The van der Waals surface area contributed by atoms with Gasteiger partial charge in [-0.25, -0.2) is 36.7 Å². The van der Waals surface area contributed by atoms with Gasteiger partial charge in [-0.3, -0.25) is 10.9 Å². The quantitative estimate of drug-likeness (QED) is 0.133. The van der Waals surface area contributed by atoms with E-state index in [0.29, 0.717) is 0 Å². The van der Waals surface area contributed by atoms with Crippen LogP contribution in [0.15, 0.2) is 94.7 Å². The molecule has 0 aliphatic heterocycles.